The quantitative estimate of drug-likeness (QED) is 0.785. The van der Waals surface area contributed by atoms with Gasteiger partial charge < -0.3 is 4.74 Å². The van der Waals surface area contributed by atoms with E-state index in [0.29, 0.717) is 6.54 Å². The number of aromatic nitrogens is 3. The van der Waals surface area contributed by atoms with Crippen LogP contribution in [0.25, 0.3) is 0 Å². The van der Waals surface area contributed by atoms with E-state index in [4.69, 9.17) is 4.74 Å². The summed E-state index contributed by atoms with van der Waals surface area (Å²) in [4.78, 5) is 30.9. The Morgan fingerprint density at radius 1 is 1.37 bits per heavy atom. The van der Waals surface area contributed by atoms with Gasteiger partial charge in [0.1, 0.15) is 6.61 Å². The maximum absolute atomic E-state index is 11.6. The summed E-state index contributed by atoms with van der Waals surface area (Å²) in [7, 11) is 0. The van der Waals surface area contributed by atoms with Crippen LogP contribution >= 0.6 is 11.3 Å². The SMILES string of the molecule is Cc1cnc(C(=O)OCCn2c(C)csc2=O)cn1. The van der Waals surface area contributed by atoms with Crippen LogP contribution in [0.15, 0.2) is 22.6 Å². The van der Waals surface area contributed by atoms with Crippen molar-refractivity contribution in [3.8, 4) is 0 Å². The largest absolute Gasteiger partial charge is 0.459 e. The molecule has 0 spiro atoms. The zero-order chi connectivity index (χ0) is 13.8. The molecule has 2 aromatic rings. The topological polar surface area (TPSA) is 74.1 Å². The first-order valence-corrected chi connectivity index (χ1v) is 6.56. The van der Waals surface area contributed by atoms with Crippen LogP contribution < -0.4 is 4.87 Å². The Balaban J connectivity index is 1.91. The number of carbonyl (C=O) groups excluding carboxylic acids is 1. The summed E-state index contributed by atoms with van der Waals surface area (Å²) < 4.78 is 6.62. The maximum Gasteiger partial charge on any atom is 0.358 e. The molecule has 2 rings (SSSR count). The Hall–Kier alpha value is -2.02. The molecule has 0 bridgehead atoms. The van der Waals surface area contributed by atoms with E-state index in [1.54, 1.807) is 16.9 Å². The molecule has 0 unspecified atom stereocenters. The van der Waals surface area contributed by atoms with Gasteiger partial charge in [0, 0.05) is 17.3 Å². The molecule has 6 nitrogen and oxygen atoms in total. The van der Waals surface area contributed by atoms with Crippen molar-refractivity contribution in [3.05, 3.63) is 44.5 Å². The van der Waals surface area contributed by atoms with E-state index in [1.807, 2.05) is 6.92 Å². The number of ether oxygens (including phenoxy) is 1. The van der Waals surface area contributed by atoms with Crippen molar-refractivity contribution in [3.63, 3.8) is 0 Å². The second kappa shape index (κ2) is 5.75. The minimum atomic E-state index is -0.534. The highest BCUT2D eigenvalue weighted by molar-refractivity contribution is 7.07. The van der Waals surface area contributed by atoms with E-state index in [0.717, 1.165) is 22.7 Å². The van der Waals surface area contributed by atoms with Crippen molar-refractivity contribution in [1.82, 2.24) is 14.5 Å². The number of carbonyl (C=O) groups is 1. The van der Waals surface area contributed by atoms with Gasteiger partial charge in [-0.2, -0.15) is 0 Å². The Labute approximate surface area is 113 Å². The first-order chi connectivity index (χ1) is 9.08. The molecule has 7 heteroatoms. The van der Waals surface area contributed by atoms with Gasteiger partial charge in [0.05, 0.1) is 18.4 Å². The smallest absolute Gasteiger partial charge is 0.358 e. The highest BCUT2D eigenvalue weighted by atomic mass is 32.1. The number of hydrogen-bond donors (Lipinski definition) is 0. The molecule has 0 amide bonds. The van der Waals surface area contributed by atoms with Crippen LogP contribution in [0.4, 0.5) is 0 Å². The van der Waals surface area contributed by atoms with E-state index >= 15 is 0 Å². The molecular weight excluding hydrogens is 266 g/mol. The number of nitrogens with zero attached hydrogens (tertiary/aromatic N) is 3. The van der Waals surface area contributed by atoms with Gasteiger partial charge in [-0.15, -0.1) is 0 Å². The van der Waals surface area contributed by atoms with Crippen molar-refractivity contribution >= 4 is 17.3 Å². The lowest BCUT2D eigenvalue weighted by atomic mass is 10.4. The zero-order valence-corrected chi connectivity index (χ0v) is 11.4. The summed E-state index contributed by atoms with van der Waals surface area (Å²) in [6.07, 6.45) is 2.88. The first kappa shape index (κ1) is 13.4. The molecule has 0 N–H and O–H groups in total. The molecule has 0 saturated carbocycles. The molecule has 0 radical (unpaired) electrons. The van der Waals surface area contributed by atoms with Gasteiger partial charge >= 0.3 is 10.8 Å². The van der Waals surface area contributed by atoms with Crippen LogP contribution in [0.5, 0.6) is 0 Å². The molecule has 2 heterocycles. The average molecular weight is 279 g/mol. The van der Waals surface area contributed by atoms with Crippen molar-refractivity contribution < 1.29 is 9.53 Å². The molecule has 0 aliphatic rings. The van der Waals surface area contributed by atoms with E-state index < -0.39 is 5.97 Å². The van der Waals surface area contributed by atoms with E-state index in [1.165, 1.54) is 12.4 Å². The van der Waals surface area contributed by atoms with Crippen LogP contribution in [0.3, 0.4) is 0 Å². The van der Waals surface area contributed by atoms with Gasteiger partial charge in [0.2, 0.25) is 0 Å². The maximum atomic E-state index is 11.6. The highest BCUT2D eigenvalue weighted by Crippen LogP contribution is 2.01. The monoisotopic (exact) mass is 279 g/mol. The fourth-order valence-corrected chi connectivity index (χ4v) is 2.24. The van der Waals surface area contributed by atoms with Crippen molar-refractivity contribution in [2.45, 2.75) is 20.4 Å². The number of esters is 1. The molecule has 0 aliphatic heterocycles. The van der Waals surface area contributed by atoms with Crippen LogP contribution in [-0.2, 0) is 11.3 Å². The van der Waals surface area contributed by atoms with Crippen LogP contribution in [0, 0.1) is 13.8 Å². The fraction of sp³-hybridized carbons (Fsp3) is 0.333. The van der Waals surface area contributed by atoms with Gasteiger partial charge in [-0.25, -0.2) is 9.78 Å². The van der Waals surface area contributed by atoms with Gasteiger partial charge in [-0.1, -0.05) is 11.3 Å². The Morgan fingerprint density at radius 3 is 2.74 bits per heavy atom. The van der Waals surface area contributed by atoms with Crippen molar-refractivity contribution in [2.75, 3.05) is 6.61 Å². The summed E-state index contributed by atoms with van der Waals surface area (Å²) in [6, 6.07) is 0. The van der Waals surface area contributed by atoms with E-state index in [-0.39, 0.29) is 17.2 Å². The molecule has 0 aliphatic carbocycles. The third kappa shape index (κ3) is 3.25. The molecule has 19 heavy (non-hydrogen) atoms. The van der Waals surface area contributed by atoms with Crippen LogP contribution in [0.1, 0.15) is 21.9 Å². The van der Waals surface area contributed by atoms with Crippen molar-refractivity contribution in [2.24, 2.45) is 0 Å². The van der Waals surface area contributed by atoms with Gasteiger partial charge in [0.25, 0.3) is 0 Å². The minimum absolute atomic E-state index is 0.0522. The van der Waals surface area contributed by atoms with Gasteiger partial charge in [-0.05, 0) is 13.8 Å². The normalized spacial score (nSPS) is 10.4. The average Bonchev–Trinajstić information content (AvgIpc) is 2.71. The Bertz CT molecular complexity index is 630. The Morgan fingerprint density at radius 2 is 2.16 bits per heavy atom. The molecule has 2 aromatic heterocycles. The second-order valence-electron chi connectivity index (χ2n) is 3.97. The van der Waals surface area contributed by atoms with Crippen LogP contribution in [-0.4, -0.2) is 27.1 Å². The Kier molecular flexibility index (Phi) is 4.06. The molecular formula is C12H13N3O3S. The van der Waals surface area contributed by atoms with Gasteiger partial charge in [-0.3, -0.25) is 14.3 Å². The third-order valence-corrected chi connectivity index (χ3v) is 3.40. The summed E-state index contributed by atoms with van der Waals surface area (Å²) >= 11 is 1.13. The number of thiazole rings is 1. The van der Waals surface area contributed by atoms with E-state index in [2.05, 4.69) is 9.97 Å². The zero-order valence-electron chi connectivity index (χ0n) is 10.6. The highest BCUT2D eigenvalue weighted by Gasteiger charge is 2.09. The summed E-state index contributed by atoms with van der Waals surface area (Å²) in [5.41, 5.74) is 1.76. The minimum Gasteiger partial charge on any atom is -0.459 e. The summed E-state index contributed by atoms with van der Waals surface area (Å²) in [6.45, 7) is 4.10. The van der Waals surface area contributed by atoms with E-state index in [9.17, 15) is 9.59 Å². The predicted molar refractivity (Wildman–Crippen MR) is 70.4 cm³/mol. The lowest BCUT2D eigenvalue weighted by molar-refractivity contribution is 0.0482. The molecule has 0 saturated heterocycles. The second-order valence-corrected chi connectivity index (χ2v) is 4.79. The fourth-order valence-electron chi connectivity index (χ4n) is 1.48. The molecule has 0 atom stereocenters. The molecule has 100 valence electrons. The van der Waals surface area contributed by atoms with Crippen LogP contribution in [0.2, 0.25) is 0 Å². The summed E-state index contributed by atoms with van der Waals surface area (Å²) in [5, 5.41) is 1.77. The third-order valence-electron chi connectivity index (χ3n) is 2.51. The molecule has 0 fully saturated rings. The summed E-state index contributed by atoms with van der Waals surface area (Å²) in [5.74, 6) is -0.534. The lowest BCUT2D eigenvalue weighted by Gasteiger charge is -2.06. The predicted octanol–water partition coefficient (Wildman–Crippen LogP) is 1.17. The molecule has 0 aromatic carbocycles. The first-order valence-electron chi connectivity index (χ1n) is 5.68. The number of aryl methyl sites for hydroxylation is 2. The number of hydrogen-bond acceptors (Lipinski definition) is 6. The lowest BCUT2D eigenvalue weighted by Crippen LogP contribution is -2.20. The standard InChI is InChI=1S/C12H13N3O3S/c1-8-5-14-10(6-13-8)11(16)18-4-3-15-9(2)7-19-12(15)17/h5-7H,3-4H2,1-2H3. The van der Waals surface area contributed by atoms with Gasteiger partial charge in [0.15, 0.2) is 5.69 Å². The number of rotatable bonds is 4. The van der Waals surface area contributed by atoms with Crippen molar-refractivity contribution in [1.29, 1.82) is 0 Å².